The van der Waals surface area contributed by atoms with Gasteiger partial charge >= 0.3 is 0 Å². The van der Waals surface area contributed by atoms with E-state index in [4.69, 9.17) is 16.3 Å². The Morgan fingerprint density at radius 1 is 1.21 bits per heavy atom. The highest BCUT2D eigenvalue weighted by Gasteiger charge is 2.46. The molecule has 34 heavy (non-hydrogen) atoms. The van der Waals surface area contributed by atoms with E-state index >= 15 is 0 Å². The summed E-state index contributed by atoms with van der Waals surface area (Å²) in [5, 5.41) is 22.6. The van der Waals surface area contributed by atoms with Gasteiger partial charge in [-0.1, -0.05) is 23.7 Å². The predicted molar refractivity (Wildman–Crippen MR) is 128 cm³/mol. The van der Waals surface area contributed by atoms with Crippen molar-refractivity contribution in [2.24, 2.45) is 11.8 Å². The second-order valence-corrected chi connectivity index (χ2v) is 10.1. The van der Waals surface area contributed by atoms with Gasteiger partial charge in [0.25, 0.3) is 5.91 Å². The first-order valence-corrected chi connectivity index (χ1v) is 12.5. The van der Waals surface area contributed by atoms with Crippen molar-refractivity contribution < 1.29 is 19.7 Å². The molecule has 2 heterocycles. The maximum Gasteiger partial charge on any atom is 0.258 e. The molecule has 8 nitrogen and oxygen atoms in total. The molecule has 2 unspecified atom stereocenters. The molecule has 0 radical (unpaired) electrons. The van der Waals surface area contributed by atoms with Crippen LogP contribution in [-0.2, 0) is 13.0 Å². The van der Waals surface area contributed by atoms with Gasteiger partial charge in [0.2, 0.25) is 11.8 Å². The largest absolute Gasteiger partial charge is 0.477 e. The normalized spacial score (nSPS) is 25.7. The molecule has 2 aromatic rings. The molecule has 9 heteroatoms. The number of rotatable bonds is 8. The molecule has 1 amide bonds. The van der Waals surface area contributed by atoms with Gasteiger partial charge in [0.05, 0.1) is 19.3 Å². The van der Waals surface area contributed by atoms with E-state index in [0.717, 1.165) is 43.3 Å². The zero-order chi connectivity index (χ0) is 23.7. The molecule has 3 fully saturated rings. The topological polar surface area (TPSA) is 108 Å². The summed E-state index contributed by atoms with van der Waals surface area (Å²) < 4.78 is 6.03. The Bertz CT molecular complexity index is 1030. The number of ether oxygens (including phenoxy) is 1. The Kier molecular flexibility index (Phi) is 6.90. The average Bonchev–Trinajstić information content (AvgIpc) is 3.45. The van der Waals surface area contributed by atoms with Crippen LogP contribution in [0.25, 0.3) is 0 Å². The zero-order valence-corrected chi connectivity index (χ0v) is 19.9. The van der Waals surface area contributed by atoms with Crippen LogP contribution in [0.5, 0.6) is 5.88 Å². The smallest absolute Gasteiger partial charge is 0.258 e. The van der Waals surface area contributed by atoms with E-state index in [-0.39, 0.29) is 30.5 Å². The monoisotopic (exact) mass is 486 g/mol. The standard InChI is InChI=1S/C25H31ClN4O4/c26-22-9-15(1-2-16(22)14-31)7-8-34-24-21(23(33)28-19-3-5-20(32)6-4-19)11-27-25(29-24)30-12-17-10-18(17)13-30/h1-2,9,11,17-20,31-32H,3-8,10,12-14H2,(H,28,33)/t17?,18?,19-,20-. The number of nitrogens with zero attached hydrogens (tertiary/aromatic N) is 3. The van der Waals surface area contributed by atoms with Crippen molar-refractivity contribution in [3.05, 3.63) is 46.1 Å². The van der Waals surface area contributed by atoms with Gasteiger partial charge < -0.3 is 25.2 Å². The number of hydrogen-bond donors (Lipinski definition) is 3. The lowest BCUT2D eigenvalue weighted by Crippen LogP contribution is -2.39. The number of amides is 1. The van der Waals surface area contributed by atoms with Gasteiger partial charge in [-0.05, 0) is 61.1 Å². The number of piperidine rings is 1. The number of aromatic nitrogens is 2. The van der Waals surface area contributed by atoms with E-state index in [1.54, 1.807) is 12.3 Å². The Balaban J connectivity index is 1.29. The lowest BCUT2D eigenvalue weighted by molar-refractivity contribution is 0.0863. The molecule has 1 aromatic carbocycles. The molecular formula is C25H31ClN4O4. The fraction of sp³-hybridized carbons (Fsp3) is 0.560. The van der Waals surface area contributed by atoms with Gasteiger partial charge in [-0.15, -0.1) is 0 Å². The third-order valence-corrected chi connectivity index (χ3v) is 7.55. The Hall–Kier alpha value is -2.42. The number of aliphatic hydroxyl groups is 2. The molecule has 5 rings (SSSR count). The fourth-order valence-electron chi connectivity index (χ4n) is 4.96. The van der Waals surface area contributed by atoms with Gasteiger partial charge in [0.15, 0.2) is 0 Å². The molecule has 3 N–H and O–H groups in total. The van der Waals surface area contributed by atoms with E-state index in [1.165, 1.54) is 6.42 Å². The first-order valence-electron chi connectivity index (χ1n) is 12.1. The molecule has 2 atom stereocenters. The highest BCUT2D eigenvalue weighted by Crippen LogP contribution is 2.45. The van der Waals surface area contributed by atoms with Crippen LogP contribution in [0, 0.1) is 11.8 Å². The van der Waals surface area contributed by atoms with Gasteiger partial charge in [-0.2, -0.15) is 4.98 Å². The van der Waals surface area contributed by atoms with Crippen LogP contribution in [0.4, 0.5) is 5.95 Å². The molecule has 1 aliphatic heterocycles. The molecule has 3 aliphatic rings. The minimum Gasteiger partial charge on any atom is -0.477 e. The third-order valence-electron chi connectivity index (χ3n) is 7.20. The van der Waals surface area contributed by atoms with Crippen LogP contribution in [0.1, 0.15) is 53.6 Å². The summed E-state index contributed by atoms with van der Waals surface area (Å²) in [5.74, 6) is 2.13. The van der Waals surface area contributed by atoms with Crippen LogP contribution < -0.4 is 15.0 Å². The third kappa shape index (κ3) is 5.29. The van der Waals surface area contributed by atoms with E-state index in [2.05, 4.69) is 20.2 Å². The van der Waals surface area contributed by atoms with E-state index < -0.39 is 0 Å². The Morgan fingerprint density at radius 3 is 2.68 bits per heavy atom. The van der Waals surface area contributed by atoms with E-state index in [0.29, 0.717) is 48.0 Å². The number of fused-ring (bicyclic) bond motifs is 1. The number of nitrogens with one attached hydrogen (secondary N) is 1. The highest BCUT2D eigenvalue weighted by atomic mass is 35.5. The number of carbonyl (C=O) groups is 1. The highest BCUT2D eigenvalue weighted by molar-refractivity contribution is 6.31. The summed E-state index contributed by atoms with van der Waals surface area (Å²) in [4.78, 5) is 24.4. The lowest BCUT2D eigenvalue weighted by Gasteiger charge is -2.26. The summed E-state index contributed by atoms with van der Waals surface area (Å²) in [6, 6.07) is 5.57. The van der Waals surface area contributed by atoms with Crippen LogP contribution in [0.3, 0.4) is 0 Å². The number of hydrogen-bond acceptors (Lipinski definition) is 7. The maximum absolute atomic E-state index is 13.1. The molecule has 0 spiro atoms. The Morgan fingerprint density at radius 2 is 1.97 bits per heavy atom. The Labute approximate surface area is 204 Å². The van der Waals surface area contributed by atoms with Crippen LogP contribution in [0.15, 0.2) is 24.4 Å². The first-order chi connectivity index (χ1) is 16.5. The van der Waals surface area contributed by atoms with Crippen molar-refractivity contribution in [2.45, 2.75) is 57.3 Å². The SMILES string of the molecule is O=C(N[C@H]1CC[C@H](O)CC1)c1cnc(N2CC3CC3C2)nc1OCCc1ccc(CO)c(Cl)c1. The van der Waals surface area contributed by atoms with Crippen LogP contribution >= 0.6 is 11.6 Å². The van der Waals surface area contributed by atoms with Crippen molar-refractivity contribution in [2.75, 3.05) is 24.6 Å². The minimum absolute atomic E-state index is 0.0290. The van der Waals surface area contributed by atoms with Crippen LogP contribution in [-0.4, -0.2) is 57.9 Å². The van der Waals surface area contributed by atoms with Crippen molar-refractivity contribution in [3.8, 4) is 5.88 Å². The fourth-order valence-corrected chi connectivity index (χ4v) is 5.22. The quantitative estimate of drug-likeness (QED) is 0.526. The van der Waals surface area contributed by atoms with Gasteiger partial charge in [0.1, 0.15) is 5.56 Å². The molecule has 1 saturated heterocycles. The number of benzene rings is 1. The summed E-state index contributed by atoms with van der Waals surface area (Å²) in [7, 11) is 0. The predicted octanol–water partition coefficient (Wildman–Crippen LogP) is 2.73. The number of anilines is 1. The molecule has 1 aromatic heterocycles. The number of carbonyl (C=O) groups excluding carboxylic acids is 1. The van der Waals surface area contributed by atoms with E-state index in [9.17, 15) is 15.0 Å². The average molecular weight is 487 g/mol. The van der Waals surface area contributed by atoms with Gasteiger partial charge in [0, 0.05) is 36.8 Å². The number of halogens is 1. The second-order valence-electron chi connectivity index (χ2n) is 9.71. The molecule has 0 bridgehead atoms. The maximum atomic E-state index is 13.1. The van der Waals surface area contributed by atoms with Crippen molar-refractivity contribution in [1.82, 2.24) is 15.3 Å². The van der Waals surface area contributed by atoms with Crippen molar-refractivity contribution in [1.29, 1.82) is 0 Å². The molecule has 2 aliphatic carbocycles. The van der Waals surface area contributed by atoms with Gasteiger partial charge in [-0.25, -0.2) is 4.98 Å². The first kappa shape index (κ1) is 23.3. The molecular weight excluding hydrogens is 456 g/mol. The number of aliphatic hydroxyl groups excluding tert-OH is 2. The van der Waals surface area contributed by atoms with Crippen molar-refractivity contribution in [3.63, 3.8) is 0 Å². The van der Waals surface area contributed by atoms with Gasteiger partial charge in [-0.3, -0.25) is 4.79 Å². The molecule has 182 valence electrons. The van der Waals surface area contributed by atoms with Crippen molar-refractivity contribution >= 4 is 23.5 Å². The summed E-state index contributed by atoms with van der Waals surface area (Å²) in [5.41, 5.74) is 1.99. The summed E-state index contributed by atoms with van der Waals surface area (Å²) >= 11 is 6.21. The van der Waals surface area contributed by atoms with Crippen LogP contribution in [0.2, 0.25) is 5.02 Å². The molecule has 2 saturated carbocycles. The lowest BCUT2D eigenvalue weighted by atomic mass is 9.93. The summed E-state index contributed by atoms with van der Waals surface area (Å²) in [6.07, 6.45) is 6.06. The second kappa shape index (κ2) is 10.1. The zero-order valence-electron chi connectivity index (χ0n) is 19.1. The van der Waals surface area contributed by atoms with E-state index in [1.807, 2.05) is 12.1 Å². The summed E-state index contributed by atoms with van der Waals surface area (Å²) in [6.45, 7) is 2.13. The minimum atomic E-state index is -0.277.